The van der Waals surface area contributed by atoms with Gasteiger partial charge in [0.1, 0.15) is 11.5 Å². The number of benzene rings is 2. The third kappa shape index (κ3) is 5.70. The van der Waals surface area contributed by atoms with Crippen LogP contribution in [-0.4, -0.2) is 52.3 Å². The molecule has 0 spiro atoms. The van der Waals surface area contributed by atoms with Gasteiger partial charge in [0.25, 0.3) is 0 Å². The maximum atomic E-state index is 12.0. The van der Waals surface area contributed by atoms with E-state index in [0.717, 1.165) is 5.56 Å². The molecule has 0 saturated heterocycles. The molecule has 2 rings (SSSR count). The van der Waals surface area contributed by atoms with Gasteiger partial charge >= 0.3 is 5.97 Å². The van der Waals surface area contributed by atoms with Crippen molar-refractivity contribution in [2.24, 2.45) is 5.16 Å². The van der Waals surface area contributed by atoms with Crippen LogP contribution in [-0.2, 0) is 25.4 Å². The largest absolute Gasteiger partial charge is 0.469 e. The SMILES string of the molecule is COCOc1cc(CC(=O)OC)c(-c2cccc(/C=N\O)c2)c(OCOC)c1. The summed E-state index contributed by atoms with van der Waals surface area (Å²) in [6.45, 7) is 0.0549. The number of oxime groups is 1. The predicted octanol–water partition coefficient (Wildman–Crippen LogP) is 2.84. The third-order valence-electron chi connectivity index (χ3n) is 3.78. The highest BCUT2D eigenvalue weighted by Crippen LogP contribution is 2.38. The molecule has 0 amide bonds. The number of ether oxygens (including phenoxy) is 5. The maximum absolute atomic E-state index is 12.0. The predicted molar refractivity (Wildman–Crippen MR) is 102 cm³/mol. The van der Waals surface area contributed by atoms with Gasteiger partial charge in [0.2, 0.25) is 0 Å². The molecule has 0 aliphatic rings. The fourth-order valence-electron chi connectivity index (χ4n) is 2.63. The van der Waals surface area contributed by atoms with Crippen molar-refractivity contribution < 1.29 is 33.7 Å². The van der Waals surface area contributed by atoms with Crippen LogP contribution in [0.1, 0.15) is 11.1 Å². The van der Waals surface area contributed by atoms with E-state index in [9.17, 15) is 4.79 Å². The smallest absolute Gasteiger partial charge is 0.310 e. The molecule has 0 unspecified atom stereocenters. The van der Waals surface area contributed by atoms with Gasteiger partial charge in [0.05, 0.1) is 19.7 Å². The number of nitrogens with zero attached hydrogens (tertiary/aromatic N) is 1. The number of carbonyl (C=O) groups excluding carboxylic acids is 1. The molecule has 0 saturated carbocycles. The van der Waals surface area contributed by atoms with E-state index in [2.05, 4.69) is 5.16 Å². The Hall–Kier alpha value is -3.10. The summed E-state index contributed by atoms with van der Waals surface area (Å²) in [7, 11) is 4.35. The number of rotatable bonds is 10. The lowest BCUT2D eigenvalue weighted by Gasteiger charge is -2.18. The molecule has 0 radical (unpaired) electrons. The molecular formula is C20H23NO7. The molecule has 1 N–H and O–H groups in total. The van der Waals surface area contributed by atoms with E-state index >= 15 is 0 Å². The van der Waals surface area contributed by atoms with E-state index in [1.54, 1.807) is 18.2 Å². The Balaban J connectivity index is 2.63. The average Bonchev–Trinajstić information content (AvgIpc) is 2.70. The molecule has 0 aliphatic heterocycles. The molecule has 2 aromatic carbocycles. The molecule has 8 heteroatoms. The summed E-state index contributed by atoms with van der Waals surface area (Å²) in [5.74, 6) is 0.534. The van der Waals surface area contributed by atoms with Crippen molar-refractivity contribution in [3.63, 3.8) is 0 Å². The lowest BCUT2D eigenvalue weighted by atomic mass is 9.95. The molecule has 150 valence electrons. The van der Waals surface area contributed by atoms with Crippen molar-refractivity contribution in [2.75, 3.05) is 34.9 Å². The standard InChI is InChI=1S/C20H23NO7/c1-24-12-27-17-8-16(9-19(22)26-3)20(18(10-17)28-13-25-2)15-6-4-5-14(7-15)11-21-23/h4-8,10-11,23H,9,12-13H2,1-3H3/b21-11-. The van der Waals surface area contributed by atoms with Crippen molar-refractivity contribution in [3.8, 4) is 22.6 Å². The number of carbonyl (C=O) groups is 1. The van der Waals surface area contributed by atoms with Crippen LogP contribution in [0.4, 0.5) is 0 Å². The van der Waals surface area contributed by atoms with Gasteiger partial charge in [0.15, 0.2) is 13.6 Å². The van der Waals surface area contributed by atoms with Gasteiger partial charge in [-0.05, 0) is 28.8 Å². The summed E-state index contributed by atoms with van der Waals surface area (Å²) in [5.41, 5.74) is 2.77. The molecule has 0 bridgehead atoms. The quantitative estimate of drug-likeness (QED) is 0.219. The van der Waals surface area contributed by atoms with Crippen LogP contribution in [0.15, 0.2) is 41.6 Å². The van der Waals surface area contributed by atoms with Crippen molar-refractivity contribution in [1.29, 1.82) is 0 Å². The number of hydrogen-bond donors (Lipinski definition) is 1. The Morgan fingerprint density at radius 1 is 1.07 bits per heavy atom. The second-order valence-electron chi connectivity index (χ2n) is 5.68. The summed E-state index contributed by atoms with van der Waals surface area (Å²) in [4.78, 5) is 12.0. The highest BCUT2D eigenvalue weighted by Gasteiger charge is 2.18. The zero-order valence-corrected chi connectivity index (χ0v) is 16.0. The van der Waals surface area contributed by atoms with Gasteiger partial charge in [0, 0.05) is 25.8 Å². The minimum atomic E-state index is -0.407. The highest BCUT2D eigenvalue weighted by molar-refractivity contribution is 5.86. The normalized spacial score (nSPS) is 10.8. The van der Waals surface area contributed by atoms with Crippen LogP contribution >= 0.6 is 0 Å². The Kier molecular flexibility index (Phi) is 8.26. The third-order valence-corrected chi connectivity index (χ3v) is 3.78. The van der Waals surface area contributed by atoms with E-state index < -0.39 is 5.97 Å². The van der Waals surface area contributed by atoms with Gasteiger partial charge in [-0.25, -0.2) is 0 Å². The molecule has 0 aliphatic carbocycles. The maximum Gasteiger partial charge on any atom is 0.310 e. The van der Waals surface area contributed by atoms with Crippen LogP contribution in [0.5, 0.6) is 11.5 Å². The van der Waals surface area contributed by atoms with Gasteiger partial charge in [-0.15, -0.1) is 0 Å². The molecule has 0 atom stereocenters. The zero-order valence-electron chi connectivity index (χ0n) is 16.0. The second kappa shape index (κ2) is 10.9. The fourth-order valence-corrected chi connectivity index (χ4v) is 2.63. The minimum absolute atomic E-state index is 0.0101. The second-order valence-corrected chi connectivity index (χ2v) is 5.68. The molecule has 0 aromatic heterocycles. The summed E-state index contributed by atoms with van der Waals surface area (Å²) >= 11 is 0. The van der Waals surface area contributed by atoms with Crippen LogP contribution < -0.4 is 9.47 Å². The minimum Gasteiger partial charge on any atom is -0.469 e. The monoisotopic (exact) mass is 389 g/mol. The van der Waals surface area contributed by atoms with E-state index in [4.69, 9.17) is 28.9 Å². The summed E-state index contributed by atoms with van der Waals surface area (Å²) < 4.78 is 26.1. The molecule has 0 fully saturated rings. The topological polar surface area (TPSA) is 95.8 Å². The van der Waals surface area contributed by atoms with Crippen LogP contribution in [0.25, 0.3) is 11.1 Å². The molecule has 28 heavy (non-hydrogen) atoms. The Bertz CT molecular complexity index is 820. The summed E-state index contributed by atoms with van der Waals surface area (Å²) in [5, 5.41) is 11.9. The van der Waals surface area contributed by atoms with Crippen LogP contribution in [0, 0.1) is 0 Å². The van der Waals surface area contributed by atoms with Gasteiger partial charge in [-0.2, -0.15) is 0 Å². The van der Waals surface area contributed by atoms with Crippen molar-refractivity contribution in [3.05, 3.63) is 47.5 Å². The highest BCUT2D eigenvalue weighted by atomic mass is 16.7. The fraction of sp³-hybridized carbons (Fsp3) is 0.300. The Morgan fingerprint density at radius 3 is 2.50 bits per heavy atom. The number of methoxy groups -OCH3 is 3. The van der Waals surface area contributed by atoms with Gasteiger partial charge in [-0.1, -0.05) is 23.4 Å². The summed E-state index contributed by atoms with van der Waals surface area (Å²) in [6.07, 6.45) is 1.33. The first kappa shape index (κ1) is 21.2. The van der Waals surface area contributed by atoms with Crippen LogP contribution in [0.3, 0.4) is 0 Å². The van der Waals surface area contributed by atoms with Crippen LogP contribution in [0.2, 0.25) is 0 Å². The van der Waals surface area contributed by atoms with E-state index in [0.29, 0.717) is 28.2 Å². The van der Waals surface area contributed by atoms with E-state index in [-0.39, 0.29) is 20.0 Å². The van der Waals surface area contributed by atoms with E-state index in [1.165, 1.54) is 27.5 Å². The molecule has 2 aromatic rings. The van der Waals surface area contributed by atoms with Gasteiger partial charge in [-0.3, -0.25) is 4.79 Å². The van der Waals surface area contributed by atoms with Gasteiger partial charge < -0.3 is 28.9 Å². The first-order chi connectivity index (χ1) is 13.6. The first-order valence-electron chi connectivity index (χ1n) is 8.38. The molecular weight excluding hydrogens is 366 g/mol. The molecule has 0 heterocycles. The summed E-state index contributed by atoms with van der Waals surface area (Å²) in [6, 6.07) is 10.7. The van der Waals surface area contributed by atoms with E-state index in [1.807, 2.05) is 18.2 Å². The van der Waals surface area contributed by atoms with Crippen molar-refractivity contribution in [2.45, 2.75) is 6.42 Å². The Labute approximate surface area is 163 Å². The zero-order chi connectivity index (χ0) is 20.4. The Morgan fingerprint density at radius 2 is 1.82 bits per heavy atom. The average molecular weight is 389 g/mol. The lowest BCUT2D eigenvalue weighted by Crippen LogP contribution is -2.09. The van der Waals surface area contributed by atoms with Crippen molar-refractivity contribution >= 4 is 12.2 Å². The van der Waals surface area contributed by atoms with Crippen molar-refractivity contribution in [1.82, 2.24) is 0 Å². The number of esters is 1. The number of hydrogen-bond acceptors (Lipinski definition) is 8. The molecule has 8 nitrogen and oxygen atoms in total. The first-order valence-corrected chi connectivity index (χ1v) is 8.38. The lowest BCUT2D eigenvalue weighted by molar-refractivity contribution is -0.139.